The minimum Gasteiger partial charge on any atom is -0.384 e. The Hall–Kier alpha value is -0.870. The van der Waals surface area contributed by atoms with Crippen LogP contribution in [0.25, 0.3) is 0 Å². The monoisotopic (exact) mass is 183 g/mol. The lowest BCUT2D eigenvalue weighted by Crippen LogP contribution is -1.92. The van der Waals surface area contributed by atoms with E-state index in [-0.39, 0.29) is 0 Å². The van der Waals surface area contributed by atoms with Crippen LogP contribution in [0.5, 0.6) is 0 Å². The van der Waals surface area contributed by atoms with Crippen LogP contribution in [-0.4, -0.2) is 15.3 Å². The average Bonchev–Trinajstić information content (AvgIpc) is 2.49. The molecule has 1 unspecified atom stereocenters. The lowest BCUT2D eigenvalue weighted by Gasteiger charge is -2.00. The van der Waals surface area contributed by atoms with Gasteiger partial charge in [-0.1, -0.05) is 6.07 Å². The predicted molar refractivity (Wildman–Crippen MR) is 47.7 cm³/mol. The van der Waals surface area contributed by atoms with Crippen molar-refractivity contribution in [1.82, 2.24) is 0 Å². The summed E-state index contributed by atoms with van der Waals surface area (Å²) in [5.74, 6) is 0. The molecule has 1 aromatic rings. The molecule has 1 heterocycles. The third-order valence-corrected chi connectivity index (χ3v) is 2.65. The van der Waals surface area contributed by atoms with Gasteiger partial charge < -0.3 is 9.87 Å². The summed E-state index contributed by atoms with van der Waals surface area (Å²) in [6.45, 7) is 0.927. The average molecular weight is 183 g/mol. The molecule has 3 nitrogen and oxygen atoms in total. The number of nitrogens with one attached hydrogen (secondary N) is 1. The molecule has 0 saturated heterocycles. The van der Waals surface area contributed by atoms with E-state index in [9.17, 15) is 4.21 Å². The summed E-state index contributed by atoms with van der Waals surface area (Å²) in [6.07, 6.45) is 1.01. The van der Waals surface area contributed by atoms with Crippen molar-refractivity contribution >= 4 is 16.8 Å². The molecule has 1 aliphatic rings. The second-order valence-corrected chi connectivity index (χ2v) is 3.71. The summed E-state index contributed by atoms with van der Waals surface area (Å²) in [4.78, 5) is 0.461. The van der Waals surface area contributed by atoms with E-state index < -0.39 is 11.1 Å². The third-order valence-electron chi connectivity index (χ3n) is 1.99. The summed E-state index contributed by atoms with van der Waals surface area (Å²) in [7, 11) is 0. The maximum Gasteiger partial charge on any atom is 0.186 e. The molecule has 1 aliphatic heterocycles. The summed E-state index contributed by atoms with van der Waals surface area (Å²) in [5, 5.41) is 3.15. The first-order valence-electron chi connectivity index (χ1n) is 3.75. The zero-order chi connectivity index (χ0) is 8.55. The highest BCUT2D eigenvalue weighted by Gasteiger charge is 2.11. The minimum atomic E-state index is -1.86. The first-order chi connectivity index (χ1) is 5.77. The van der Waals surface area contributed by atoms with Crippen LogP contribution >= 0.6 is 0 Å². The molecular formula is C8H9NO2S. The summed E-state index contributed by atoms with van der Waals surface area (Å²) in [6, 6.07) is 5.33. The first kappa shape index (κ1) is 7.76. The maximum absolute atomic E-state index is 10.7. The maximum atomic E-state index is 10.7. The summed E-state index contributed by atoms with van der Waals surface area (Å²) < 4.78 is 19.5. The summed E-state index contributed by atoms with van der Waals surface area (Å²) in [5.41, 5.74) is 2.22. The normalized spacial score (nSPS) is 16.8. The Kier molecular flexibility index (Phi) is 1.86. The number of rotatable bonds is 1. The Morgan fingerprint density at radius 3 is 3.08 bits per heavy atom. The molecule has 1 atom stereocenters. The van der Waals surface area contributed by atoms with Gasteiger partial charge in [0.1, 0.15) is 0 Å². The molecule has 0 bridgehead atoms. The molecule has 4 heteroatoms. The Balaban J connectivity index is 2.45. The minimum absolute atomic E-state index is 0.461. The molecule has 0 saturated carbocycles. The van der Waals surface area contributed by atoms with Gasteiger partial charge in [-0.15, -0.1) is 0 Å². The fourth-order valence-electron chi connectivity index (χ4n) is 1.38. The van der Waals surface area contributed by atoms with Crippen molar-refractivity contribution in [3.63, 3.8) is 0 Å². The molecular weight excluding hydrogens is 174 g/mol. The van der Waals surface area contributed by atoms with Crippen molar-refractivity contribution in [2.75, 3.05) is 11.9 Å². The molecule has 0 fully saturated rings. The van der Waals surface area contributed by atoms with E-state index in [0.717, 1.165) is 18.7 Å². The SMILES string of the molecule is O=S(O)c1ccc2c(c1)NCC2. The molecule has 0 spiro atoms. The van der Waals surface area contributed by atoms with E-state index in [1.165, 1.54) is 5.56 Å². The Labute approximate surface area is 73.1 Å². The van der Waals surface area contributed by atoms with E-state index >= 15 is 0 Å². The molecule has 64 valence electrons. The fraction of sp³-hybridized carbons (Fsp3) is 0.250. The van der Waals surface area contributed by atoms with Crippen molar-refractivity contribution in [2.45, 2.75) is 11.3 Å². The van der Waals surface area contributed by atoms with Crippen molar-refractivity contribution in [1.29, 1.82) is 0 Å². The number of hydrogen-bond donors (Lipinski definition) is 2. The number of anilines is 1. The van der Waals surface area contributed by atoms with E-state index in [1.807, 2.05) is 6.07 Å². The Morgan fingerprint density at radius 1 is 1.50 bits per heavy atom. The second-order valence-electron chi connectivity index (χ2n) is 2.74. The lowest BCUT2D eigenvalue weighted by atomic mass is 10.2. The number of hydrogen-bond acceptors (Lipinski definition) is 2. The Bertz CT molecular complexity index is 338. The van der Waals surface area contributed by atoms with Gasteiger partial charge in [-0.05, 0) is 24.1 Å². The lowest BCUT2D eigenvalue weighted by molar-refractivity contribution is 0.564. The smallest absolute Gasteiger partial charge is 0.186 e. The van der Waals surface area contributed by atoms with Gasteiger partial charge in [0.15, 0.2) is 11.1 Å². The van der Waals surface area contributed by atoms with E-state index in [0.29, 0.717) is 4.90 Å². The van der Waals surface area contributed by atoms with E-state index in [1.54, 1.807) is 12.1 Å². The number of fused-ring (bicyclic) bond motifs is 1. The van der Waals surface area contributed by atoms with Crippen molar-refractivity contribution in [3.8, 4) is 0 Å². The fourth-order valence-corrected chi connectivity index (χ4v) is 1.78. The van der Waals surface area contributed by atoms with Gasteiger partial charge in [0.05, 0.1) is 4.90 Å². The third kappa shape index (κ3) is 1.23. The quantitative estimate of drug-likeness (QED) is 0.644. The molecule has 2 rings (SSSR count). The van der Waals surface area contributed by atoms with Crippen LogP contribution in [0.3, 0.4) is 0 Å². The van der Waals surface area contributed by atoms with Gasteiger partial charge in [0, 0.05) is 12.2 Å². The molecule has 0 aromatic heterocycles. The van der Waals surface area contributed by atoms with Gasteiger partial charge >= 0.3 is 0 Å². The highest BCUT2D eigenvalue weighted by atomic mass is 32.2. The molecule has 2 N–H and O–H groups in total. The molecule has 0 radical (unpaired) electrons. The van der Waals surface area contributed by atoms with Gasteiger partial charge in [-0.2, -0.15) is 0 Å². The van der Waals surface area contributed by atoms with Crippen LogP contribution in [0.15, 0.2) is 23.1 Å². The predicted octanol–water partition coefficient (Wildman–Crippen LogP) is 1.24. The summed E-state index contributed by atoms with van der Waals surface area (Å²) >= 11 is -1.86. The van der Waals surface area contributed by atoms with Gasteiger partial charge in [-0.3, -0.25) is 0 Å². The Morgan fingerprint density at radius 2 is 2.33 bits per heavy atom. The zero-order valence-electron chi connectivity index (χ0n) is 6.41. The van der Waals surface area contributed by atoms with Crippen LogP contribution in [-0.2, 0) is 17.5 Å². The van der Waals surface area contributed by atoms with Crippen LogP contribution in [0.1, 0.15) is 5.56 Å². The van der Waals surface area contributed by atoms with Crippen LogP contribution in [0, 0.1) is 0 Å². The van der Waals surface area contributed by atoms with Crippen molar-refractivity contribution in [3.05, 3.63) is 23.8 Å². The first-order valence-corrected chi connectivity index (χ1v) is 4.86. The zero-order valence-corrected chi connectivity index (χ0v) is 7.23. The second kappa shape index (κ2) is 2.88. The van der Waals surface area contributed by atoms with Crippen molar-refractivity contribution in [2.24, 2.45) is 0 Å². The van der Waals surface area contributed by atoms with Crippen LogP contribution in [0.2, 0.25) is 0 Å². The van der Waals surface area contributed by atoms with Gasteiger partial charge in [-0.25, -0.2) is 4.21 Å². The highest BCUT2D eigenvalue weighted by molar-refractivity contribution is 7.79. The molecule has 0 aliphatic carbocycles. The standard InChI is InChI=1S/C8H9NO2S/c10-12(11)7-2-1-6-3-4-9-8(6)5-7/h1-2,5,9H,3-4H2,(H,10,11). The topological polar surface area (TPSA) is 49.3 Å². The van der Waals surface area contributed by atoms with Crippen LogP contribution in [0.4, 0.5) is 5.69 Å². The number of benzene rings is 1. The molecule has 0 amide bonds. The van der Waals surface area contributed by atoms with Crippen LogP contribution < -0.4 is 5.32 Å². The largest absolute Gasteiger partial charge is 0.384 e. The van der Waals surface area contributed by atoms with E-state index in [4.69, 9.17) is 4.55 Å². The molecule has 12 heavy (non-hydrogen) atoms. The van der Waals surface area contributed by atoms with E-state index in [2.05, 4.69) is 5.32 Å². The van der Waals surface area contributed by atoms with Gasteiger partial charge in [0.2, 0.25) is 0 Å². The molecule has 1 aromatic carbocycles. The van der Waals surface area contributed by atoms with Gasteiger partial charge in [0.25, 0.3) is 0 Å². The highest BCUT2D eigenvalue weighted by Crippen LogP contribution is 2.24. The van der Waals surface area contributed by atoms with Crippen molar-refractivity contribution < 1.29 is 8.76 Å².